The van der Waals surface area contributed by atoms with Crippen LogP contribution >= 0.6 is 10.7 Å². The summed E-state index contributed by atoms with van der Waals surface area (Å²) in [5.41, 5.74) is 0.884. The molecule has 0 radical (unpaired) electrons. The van der Waals surface area contributed by atoms with Crippen LogP contribution in [-0.2, 0) is 19.1 Å². The van der Waals surface area contributed by atoms with Crippen molar-refractivity contribution in [1.29, 1.82) is 0 Å². The van der Waals surface area contributed by atoms with Crippen molar-refractivity contribution in [2.24, 2.45) is 0 Å². The Hall–Kier alpha value is -3.34. The van der Waals surface area contributed by atoms with Crippen LogP contribution in [0.5, 0.6) is 0 Å². The quantitative estimate of drug-likeness (QED) is 0.350. The number of fused-ring (bicyclic) bond motifs is 2. The van der Waals surface area contributed by atoms with Gasteiger partial charge in [-0.2, -0.15) is 13.2 Å². The van der Waals surface area contributed by atoms with E-state index < -0.39 is 73.5 Å². The third-order valence-electron chi connectivity index (χ3n) is 5.39. The van der Waals surface area contributed by atoms with Crippen LogP contribution in [0.3, 0.4) is 0 Å². The Morgan fingerprint density at radius 3 is 1.31 bits per heavy atom. The molecule has 2 aromatic rings. The van der Waals surface area contributed by atoms with Gasteiger partial charge in [-0.25, -0.2) is 21.6 Å². The number of rotatable bonds is 8. The maximum absolute atomic E-state index is 12.0. The SMILES string of the molecule is O=C1c2ccccc2C(=O)N1CCS(=O)(=O)Cl.O=C1c2ccccc2C(=O)N1CCS(=O)(=O)NCC(F)(F)F. The summed E-state index contributed by atoms with van der Waals surface area (Å²) in [6.07, 6.45) is -4.68. The lowest BCUT2D eigenvalue weighted by Crippen LogP contribution is -2.40. The van der Waals surface area contributed by atoms with Crippen molar-refractivity contribution in [3.63, 3.8) is 0 Å². The summed E-state index contributed by atoms with van der Waals surface area (Å²) in [6.45, 7) is -2.44. The molecule has 39 heavy (non-hydrogen) atoms. The molecule has 210 valence electrons. The summed E-state index contributed by atoms with van der Waals surface area (Å²) in [6, 6.07) is 12.3. The fourth-order valence-electron chi connectivity index (χ4n) is 3.56. The molecule has 1 N–H and O–H groups in total. The average Bonchev–Trinajstić information content (AvgIpc) is 3.24. The highest BCUT2D eigenvalue weighted by atomic mass is 35.7. The molecule has 0 fully saturated rings. The molecular weight excluding hydrogens is 591 g/mol. The van der Waals surface area contributed by atoms with Gasteiger partial charge in [-0.15, -0.1) is 0 Å². The number of carbonyl (C=O) groups excluding carboxylic acids is 4. The van der Waals surface area contributed by atoms with Gasteiger partial charge in [-0.1, -0.05) is 24.3 Å². The molecule has 0 aromatic heterocycles. The lowest BCUT2D eigenvalue weighted by atomic mass is 10.1. The van der Waals surface area contributed by atoms with Crippen molar-refractivity contribution in [3.05, 3.63) is 70.8 Å². The van der Waals surface area contributed by atoms with Crippen LogP contribution in [0, 0.1) is 0 Å². The highest BCUT2D eigenvalue weighted by Gasteiger charge is 2.37. The van der Waals surface area contributed by atoms with E-state index in [9.17, 15) is 49.2 Å². The molecule has 0 bridgehead atoms. The number of benzene rings is 2. The van der Waals surface area contributed by atoms with Crippen molar-refractivity contribution < 1.29 is 49.2 Å². The van der Waals surface area contributed by atoms with E-state index in [0.717, 1.165) is 4.90 Å². The van der Waals surface area contributed by atoms with E-state index in [1.807, 2.05) is 0 Å². The largest absolute Gasteiger partial charge is 0.402 e. The Labute approximate surface area is 225 Å². The number of amides is 4. The molecule has 2 heterocycles. The molecule has 0 spiro atoms. The third kappa shape index (κ3) is 7.62. The van der Waals surface area contributed by atoms with Crippen LogP contribution in [0.25, 0.3) is 0 Å². The second-order valence-electron chi connectivity index (χ2n) is 8.11. The van der Waals surface area contributed by atoms with Crippen LogP contribution in [0.15, 0.2) is 48.5 Å². The summed E-state index contributed by atoms with van der Waals surface area (Å²) in [5.74, 6) is -3.52. The molecule has 0 saturated heterocycles. The zero-order valence-electron chi connectivity index (χ0n) is 19.6. The maximum Gasteiger partial charge on any atom is 0.402 e. The van der Waals surface area contributed by atoms with Crippen LogP contribution in [0.4, 0.5) is 13.2 Å². The van der Waals surface area contributed by atoms with Crippen molar-refractivity contribution in [1.82, 2.24) is 14.5 Å². The minimum atomic E-state index is -4.68. The second-order valence-corrected chi connectivity index (χ2v) is 12.9. The monoisotopic (exact) mass is 609 g/mol. The Balaban J connectivity index is 0.000000223. The Morgan fingerprint density at radius 1 is 0.667 bits per heavy atom. The van der Waals surface area contributed by atoms with Gasteiger partial charge in [0, 0.05) is 23.8 Å². The van der Waals surface area contributed by atoms with Crippen molar-refractivity contribution in [3.8, 4) is 0 Å². The van der Waals surface area contributed by atoms with Gasteiger partial charge < -0.3 is 0 Å². The number of halogens is 4. The summed E-state index contributed by atoms with van der Waals surface area (Å²) < 4.78 is 81.8. The van der Waals surface area contributed by atoms with Gasteiger partial charge in [-0.05, 0) is 24.3 Å². The highest BCUT2D eigenvalue weighted by molar-refractivity contribution is 8.13. The lowest BCUT2D eigenvalue weighted by Gasteiger charge is -2.14. The summed E-state index contributed by atoms with van der Waals surface area (Å²) >= 11 is 0. The van der Waals surface area contributed by atoms with Gasteiger partial charge in [0.25, 0.3) is 23.6 Å². The van der Waals surface area contributed by atoms with E-state index in [2.05, 4.69) is 0 Å². The normalized spacial score (nSPS) is 15.3. The first-order valence-electron chi connectivity index (χ1n) is 10.9. The molecular formula is C22H19ClF3N3O8S2. The number of alkyl halides is 3. The molecule has 0 aliphatic carbocycles. The van der Waals surface area contributed by atoms with Gasteiger partial charge in [0.05, 0.1) is 33.8 Å². The van der Waals surface area contributed by atoms with E-state index in [0.29, 0.717) is 16.0 Å². The Bertz CT molecular complexity index is 1480. The number of nitrogens with zero attached hydrogens (tertiary/aromatic N) is 2. The number of imide groups is 2. The molecule has 0 atom stereocenters. The van der Waals surface area contributed by atoms with Gasteiger partial charge in [0.2, 0.25) is 19.1 Å². The predicted octanol–water partition coefficient (Wildman–Crippen LogP) is 1.62. The minimum absolute atomic E-state index is 0.146. The molecule has 11 nitrogen and oxygen atoms in total. The fourth-order valence-corrected chi connectivity index (χ4v) is 5.12. The van der Waals surface area contributed by atoms with E-state index in [1.165, 1.54) is 29.0 Å². The Kier molecular flexibility index (Phi) is 8.84. The predicted molar refractivity (Wildman–Crippen MR) is 131 cm³/mol. The number of hydrogen-bond acceptors (Lipinski definition) is 8. The van der Waals surface area contributed by atoms with Crippen molar-refractivity contribution >= 4 is 53.4 Å². The zero-order chi connectivity index (χ0) is 29.2. The summed E-state index contributed by atoms with van der Waals surface area (Å²) in [5, 5.41) is 0. The van der Waals surface area contributed by atoms with E-state index in [-0.39, 0.29) is 17.7 Å². The maximum atomic E-state index is 12.0. The molecule has 0 unspecified atom stereocenters. The van der Waals surface area contributed by atoms with Crippen LogP contribution in [0.2, 0.25) is 0 Å². The highest BCUT2D eigenvalue weighted by Crippen LogP contribution is 2.23. The minimum Gasteiger partial charge on any atom is -0.273 e. The second kappa shape index (κ2) is 11.4. The zero-order valence-corrected chi connectivity index (χ0v) is 22.0. The standard InChI is InChI=1S/C12H11F3N2O4S.C10H8ClNO4S/c13-12(14,15)7-16-22(20,21)6-5-17-10(18)8-3-1-2-4-9(8)11(17)19;11-17(15,16)6-5-12-9(13)7-3-1-2-4-8(7)10(12)14/h1-4,16H,5-7H2;1-4H,5-6H2. The molecule has 17 heteroatoms. The average molecular weight is 610 g/mol. The molecule has 2 aliphatic rings. The van der Waals surface area contributed by atoms with Crippen LogP contribution in [-0.4, -0.2) is 87.6 Å². The van der Waals surface area contributed by atoms with Crippen molar-refractivity contribution in [2.45, 2.75) is 6.18 Å². The van der Waals surface area contributed by atoms with Crippen LogP contribution in [0.1, 0.15) is 41.4 Å². The first-order chi connectivity index (χ1) is 18.0. The van der Waals surface area contributed by atoms with Gasteiger partial charge in [0.15, 0.2) is 0 Å². The first kappa shape index (κ1) is 30.2. The summed E-state index contributed by atoms with van der Waals surface area (Å²) in [4.78, 5) is 49.1. The summed E-state index contributed by atoms with van der Waals surface area (Å²) in [7, 11) is -2.93. The topological polar surface area (TPSA) is 155 Å². The van der Waals surface area contributed by atoms with E-state index in [1.54, 1.807) is 24.3 Å². The first-order valence-corrected chi connectivity index (χ1v) is 15.0. The smallest absolute Gasteiger partial charge is 0.273 e. The lowest BCUT2D eigenvalue weighted by molar-refractivity contribution is -0.121. The number of hydrogen-bond donors (Lipinski definition) is 1. The fraction of sp³-hybridized carbons (Fsp3) is 0.273. The van der Waals surface area contributed by atoms with E-state index in [4.69, 9.17) is 10.7 Å². The number of carbonyl (C=O) groups is 4. The number of nitrogens with one attached hydrogen (secondary N) is 1. The molecule has 2 aliphatic heterocycles. The molecule has 4 rings (SSSR count). The number of sulfonamides is 1. The van der Waals surface area contributed by atoms with Crippen molar-refractivity contribution in [2.75, 3.05) is 31.1 Å². The van der Waals surface area contributed by atoms with Gasteiger partial charge in [-0.3, -0.25) is 29.0 Å². The van der Waals surface area contributed by atoms with Gasteiger partial charge >= 0.3 is 6.18 Å². The molecule has 4 amide bonds. The Morgan fingerprint density at radius 2 is 1.00 bits per heavy atom. The molecule has 2 aromatic carbocycles. The molecule has 0 saturated carbocycles. The third-order valence-corrected chi connectivity index (χ3v) is 7.83. The van der Waals surface area contributed by atoms with Crippen LogP contribution < -0.4 is 4.72 Å². The van der Waals surface area contributed by atoms with Gasteiger partial charge in [0.1, 0.15) is 6.54 Å². The van der Waals surface area contributed by atoms with E-state index >= 15 is 0 Å².